The predicted molar refractivity (Wildman–Crippen MR) is 81.0 cm³/mol. The summed E-state index contributed by atoms with van der Waals surface area (Å²) >= 11 is 0. The molecule has 1 N–H and O–H groups in total. The molecule has 0 aromatic heterocycles. The van der Waals surface area contributed by atoms with Gasteiger partial charge < -0.3 is 10.2 Å². The highest BCUT2D eigenvalue weighted by Gasteiger charge is 2.23. The van der Waals surface area contributed by atoms with Crippen LogP contribution in [-0.4, -0.2) is 13.6 Å². The number of benzene rings is 2. The second-order valence-electron chi connectivity index (χ2n) is 5.17. The van der Waals surface area contributed by atoms with Crippen molar-refractivity contribution in [2.24, 2.45) is 0 Å². The SMILES string of the molecule is CNCc1ccc(N2CCc3ccc(F)cc32)c(C#N)c1. The maximum Gasteiger partial charge on any atom is 0.125 e. The molecule has 0 bridgehead atoms. The normalized spacial score (nSPS) is 13.1. The van der Waals surface area contributed by atoms with Crippen molar-refractivity contribution in [3.8, 4) is 6.07 Å². The second-order valence-corrected chi connectivity index (χ2v) is 5.17. The number of hydrogen-bond acceptors (Lipinski definition) is 3. The molecule has 0 unspecified atom stereocenters. The van der Waals surface area contributed by atoms with Crippen LogP contribution in [-0.2, 0) is 13.0 Å². The molecule has 2 aromatic rings. The summed E-state index contributed by atoms with van der Waals surface area (Å²) < 4.78 is 13.5. The Bertz CT molecular complexity index is 718. The van der Waals surface area contributed by atoms with Gasteiger partial charge in [0, 0.05) is 18.8 Å². The van der Waals surface area contributed by atoms with Crippen LogP contribution < -0.4 is 10.2 Å². The molecule has 0 saturated heterocycles. The van der Waals surface area contributed by atoms with Gasteiger partial charge in [0.2, 0.25) is 0 Å². The van der Waals surface area contributed by atoms with E-state index in [1.165, 1.54) is 6.07 Å². The van der Waals surface area contributed by atoms with Crippen LogP contribution in [0.25, 0.3) is 0 Å². The first-order chi connectivity index (χ1) is 10.2. The third-order valence-electron chi connectivity index (χ3n) is 3.80. The average Bonchev–Trinajstić information content (AvgIpc) is 2.90. The third kappa shape index (κ3) is 2.48. The van der Waals surface area contributed by atoms with Crippen LogP contribution in [0.4, 0.5) is 15.8 Å². The summed E-state index contributed by atoms with van der Waals surface area (Å²) in [5.74, 6) is -0.244. The van der Waals surface area contributed by atoms with Crippen LogP contribution in [0.15, 0.2) is 36.4 Å². The Kier molecular flexibility index (Phi) is 3.59. The molecule has 1 heterocycles. The van der Waals surface area contributed by atoms with Crippen LogP contribution in [0, 0.1) is 17.1 Å². The zero-order valence-electron chi connectivity index (χ0n) is 11.9. The van der Waals surface area contributed by atoms with Gasteiger partial charge in [0.05, 0.1) is 11.3 Å². The zero-order chi connectivity index (χ0) is 14.8. The first-order valence-electron chi connectivity index (χ1n) is 6.96. The van der Waals surface area contributed by atoms with Gasteiger partial charge in [-0.1, -0.05) is 12.1 Å². The average molecular weight is 281 g/mol. The maximum atomic E-state index is 13.5. The van der Waals surface area contributed by atoms with Crippen molar-refractivity contribution in [3.63, 3.8) is 0 Å². The van der Waals surface area contributed by atoms with E-state index in [-0.39, 0.29) is 5.82 Å². The molecule has 2 aromatic carbocycles. The van der Waals surface area contributed by atoms with Crippen molar-refractivity contribution in [1.29, 1.82) is 5.26 Å². The van der Waals surface area contributed by atoms with Crippen molar-refractivity contribution in [3.05, 3.63) is 58.9 Å². The van der Waals surface area contributed by atoms with Crippen LogP contribution >= 0.6 is 0 Å². The molecule has 0 atom stereocenters. The predicted octanol–water partition coefficient (Wildman–Crippen LogP) is 3.11. The lowest BCUT2D eigenvalue weighted by Gasteiger charge is -2.21. The molecule has 21 heavy (non-hydrogen) atoms. The monoisotopic (exact) mass is 281 g/mol. The fourth-order valence-electron chi connectivity index (χ4n) is 2.82. The Balaban J connectivity index is 2.03. The first-order valence-corrected chi connectivity index (χ1v) is 6.96. The second kappa shape index (κ2) is 5.55. The van der Waals surface area contributed by atoms with Gasteiger partial charge in [-0.25, -0.2) is 4.39 Å². The highest BCUT2D eigenvalue weighted by molar-refractivity contribution is 5.74. The zero-order valence-corrected chi connectivity index (χ0v) is 11.9. The van der Waals surface area contributed by atoms with Gasteiger partial charge in [-0.3, -0.25) is 0 Å². The number of nitriles is 1. The van der Waals surface area contributed by atoms with Gasteiger partial charge in [0.25, 0.3) is 0 Å². The maximum absolute atomic E-state index is 13.5. The molecule has 1 aliphatic rings. The molecule has 0 fully saturated rings. The Morgan fingerprint density at radius 1 is 1.24 bits per heavy atom. The van der Waals surface area contributed by atoms with Gasteiger partial charge in [-0.15, -0.1) is 0 Å². The molecule has 0 amide bonds. The lowest BCUT2D eigenvalue weighted by Crippen LogP contribution is -2.15. The summed E-state index contributed by atoms with van der Waals surface area (Å²) in [4.78, 5) is 2.03. The van der Waals surface area contributed by atoms with E-state index in [4.69, 9.17) is 0 Å². The first kappa shape index (κ1) is 13.6. The van der Waals surface area contributed by atoms with Crippen molar-refractivity contribution in [1.82, 2.24) is 5.32 Å². The Labute approximate surface area is 123 Å². The molecular formula is C17H16FN3. The van der Waals surface area contributed by atoms with E-state index in [2.05, 4.69) is 11.4 Å². The summed E-state index contributed by atoms with van der Waals surface area (Å²) in [5, 5.41) is 12.5. The number of hydrogen-bond donors (Lipinski definition) is 1. The van der Waals surface area contributed by atoms with Crippen LogP contribution in [0.2, 0.25) is 0 Å². The van der Waals surface area contributed by atoms with Crippen LogP contribution in [0.5, 0.6) is 0 Å². The number of halogens is 1. The number of rotatable bonds is 3. The van der Waals surface area contributed by atoms with Gasteiger partial charge in [-0.05, 0) is 48.9 Å². The molecule has 4 heteroatoms. The van der Waals surface area contributed by atoms with E-state index in [0.717, 1.165) is 42.0 Å². The Morgan fingerprint density at radius 3 is 2.86 bits per heavy atom. The highest BCUT2D eigenvalue weighted by atomic mass is 19.1. The van der Waals surface area contributed by atoms with E-state index >= 15 is 0 Å². The Morgan fingerprint density at radius 2 is 2.10 bits per heavy atom. The molecule has 106 valence electrons. The molecule has 0 radical (unpaired) electrons. The molecule has 0 aliphatic carbocycles. The number of anilines is 2. The standard InChI is InChI=1S/C17H16FN3/c1-20-11-12-2-5-16(14(8-12)10-19)21-7-6-13-3-4-15(18)9-17(13)21/h2-5,8-9,20H,6-7,11H2,1H3. The molecule has 0 spiro atoms. The van der Waals surface area contributed by atoms with Crippen molar-refractivity contribution < 1.29 is 4.39 Å². The summed E-state index contributed by atoms with van der Waals surface area (Å²) in [6, 6.07) is 13.0. The molecule has 3 nitrogen and oxygen atoms in total. The van der Waals surface area contributed by atoms with Gasteiger partial charge in [0.1, 0.15) is 11.9 Å². The van der Waals surface area contributed by atoms with Crippen LogP contribution in [0.3, 0.4) is 0 Å². The largest absolute Gasteiger partial charge is 0.340 e. The van der Waals surface area contributed by atoms with Gasteiger partial charge in [0.15, 0.2) is 0 Å². The summed E-state index contributed by atoms with van der Waals surface area (Å²) in [7, 11) is 1.87. The van der Waals surface area contributed by atoms with Crippen molar-refractivity contribution in [2.75, 3.05) is 18.5 Å². The minimum atomic E-state index is -0.244. The Hall–Kier alpha value is -2.38. The number of nitrogens with one attached hydrogen (secondary N) is 1. The number of nitrogens with zero attached hydrogens (tertiary/aromatic N) is 2. The third-order valence-corrected chi connectivity index (χ3v) is 3.80. The van der Waals surface area contributed by atoms with E-state index in [1.54, 1.807) is 6.07 Å². The van der Waals surface area contributed by atoms with E-state index < -0.39 is 0 Å². The summed E-state index contributed by atoms with van der Waals surface area (Å²) in [6.07, 6.45) is 0.874. The lowest BCUT2D eigenvalue weighted by atomic mass is 10.1. The lowest BCUT2D eigenvalue weighted by molar-refractivity contribution is 0.628. The smallest absolute Gasteiger partial charge is 0.125 e. The van der Waals surface area contributed by atoms with E-state index in [0.29, 0.717) is 5.56 Å². The summed E-state index contributed by atoms with van der Waals surface area (Å²) in [6.45, 7) is 1.50. The molecule has 3 rings (SSSR count). The molecule has 0 saturated carbocycles. The summed E-state index contributed by atoms with van der Waals surface area (Å²) in [5.41, 5.74) is 4.53. The number of fused-ring (bicyclic) bond motifs is 1. The highest BCUT2D eigenvalue weighted by Crippen LogP contribution is 2.36. The van der Waals surface area contributed by atoms with Crippen LogP contribution in [0.1, 0.15) is 16.7 Å². The fourth-order valence-corrected chi connectivity index (χ4v) is 2.82. The van der Waals surface area contributed by atoms with Gasteiger partial charge >= 0.3 is 0 Å². The fraction of sp³-hybridized carbons (Fsp3) is 0.235. The van der Waals surface area contributed by atoms with Crippen molar-refractivity contribution in [2.45, 2.75) is 13.0 Å². The quantitative estimate of drug-likeness (QED) is 0.939. The van der Waals surface area contributed by atoms with Crippen molar-refractivity contribution >= 4 is 11.4 Å². The topological polar surface area (TPSA) is 39.1 Å². The molecular weight excluding hydrogens is 265 g/mol. The molecule has 1 aliphatic heterocycles. The minimum Gasteiger partial charge on any atom is -0.340 e. The van der Waals surface area contributed by atoms with Gasteiger partial charge in [-0.2, -0.15) is 5.26 Å². The van der Waals surface area contributed by atoms with E-state index in [9.17, 15) is 9.65 Å². The van der Waals surface area contributed by atoms with E-state index in [1.807, 2.05) is 36.2 Å². The minimum absolute atomic E-state index is 0.244.